The number of piperidine rings is 1. The summed E-state index contributed by atoms with van der Waals surface area (Å²) in [5, 5.41) is 3.30. The van der Waals surface area contributed by atoms with Gasteiger partial charge in [0.15, 0.2) is 0 Å². The molecule has 1 aromatic rings. The van der Waals surface area contributed by atoms with E-state index in [2.05, 4.69) is 55.4 Å². The van der Waals surface area contributed by atoms with Crippen molar-refractivity contribution in [2.45, 2.75) is 33.2 Å². The van der Waals surface area contributed by atoms with E-state index >= 15 is 0 Å². The third kappa shape index (κ3) is 5.68. The lowest BCUT2D eigenvalue weighted by Crippen LogP contribution is -2.36. The quantitative estimate of drug-likeness (QED) is 0.835. The zero-order valence-electron chi connectivity index (χ0n) is 13.8. The molecule has 0 bridgehead atoms. The minimum absolute atomic E-state index is 0.569. The van der Waals surface area contributed by atoms with E-state index in [-0.39, 0.29) is 0 Å². The van der Waals surface area contributed by atoms with Gasteiger partial charge in [-0.25, -0.2) is 0 Å². The van der Waals surface area contributed by atoms with E-state index in [9.17, 15) is 0 Å². The summed E-state index contributed by atoms with van der Waals surface area (Å²) in [6.45, 7) is 9.78. The van der Waals surface area contributed by atoms with Crippen molar-refractivity contribution < 1.29 is 4.74 Å². The molecule has 3 nitrogen and oxygen atoms in total. The van der Waals surface area contributed by atoms with E-state index < -0.39 is 0 Å². The summed E-state index contributed by atoms with van der Waals surface area (Å²) < 4.78 is 5.82. The Morgan fingerprint density at radius 1 is 1.29 bits per heavy atom. The van der Waals surface area contributed by atoms with Crippen LogP contribution in [-0.2, 0) is 6.54 Å². The second-order valence-corrected chi connectivity index (χ2v) is 6.63. The molecular weight excluding hydrogens is 260 g/mol. The second kappa shape index (κ2) is 8.40. The predicted octanol–water partition coefficient (Wildman–Crippen LogP) is 3.15. The summed E-state index contributed by atoms with van der Waals surface area (Å²) in [5.41, 5.74) is 1.36. The van der Waals surface area contributed by atoms with Gasteiger partial charge >= 0.3 is 0 Å². The fourth-order valence-corrected chi connectivity index (χ4v) is 2.89. The molecule has 1 aliphatic heterocycles. The van der Waals surface area contributed by atoms with Crippen molar-refractivity contribution in [3.05, 3.63) is 29.8 Å². The number of benzene rings is 1. The lowest BCUT2D eigenvalue weighted by atomic mass is 9.96. The maximum absolute atomic E-state index is 5.82. The third-order valence-electron chi connectivity index (χ3n) is 4.09. The summed E-state index contributed by atoms with van der Waals surface area (Å²) in [4.78, 5) is 2.56. The van der Waals surface area contributed by atoms with Crippen LogP contribution in [0.4, 0.5) is 0 Å². The molecule has 0 unspecified atom stereocenters. The summed E-state index contributed by atoms with van der Waals surface area (Å²) >= 11 is 0. The van der Waals surface area contributed by atoms with Gasteiger partial charge in [0, 0.05) is 6.54 Å². The standard InChI is InChI=1S/C18H30N2O/c1-15(2)14-21-18-6-4-5-17(11-18)13-20-9-7-16(8-10-20)12-19-3/h4-6,11,15-16,19H,7-10,12-14H2,1-3H3. The Labute approximate surface area is 129 Å². The molecule has 1 aliphatic rings. The van der Waals surface area contributed by atoms with Gasteiger partial charge < -0.3 is 10.1 Å². The SMILES string of the molecule is CNCC1CCN(Cc2cccc(OCC(C)C)c2)CC1. The molecule has 0 aliphatic carbocycles. The zero-order valence-corrected chi connectivity index (χ0v) is 13.8. The van der Waals surface area contributed by atoms with Crippen molar-refractivity contribution in [3.8, 4) is 5.75 Å². The number of ether oxygens (including phenoxy) is 1. The van der Waals surface area contributed by atoms with Gasteiger partial charge in [0.25, 0.3) is 0 Å². The van der Waals surface area contributed by atoms with Crippen LogP contribution in [0.2, 0.25) is 0 Å². The summed E-state index contributed by atoms with van der Waals surface area (Å²) in [6, 6.07) is 8.58. The Bertz CT molecular complexity index is 411. The maximum Gasteiger partial charge on any atom is 0.119 e. The Morgan fingerprint density at radius 2 is 2.05 bits per heavy atom. The van der Waals surface area contributed by atoms with Gasteiger partial charge in [-0.3, -0.25) is 4.90 Å². The highest BCUT2D eigenvalue weighted by molar-refractivity contribution is 5.28. The number of likely N-dealkylation sites (tertiary alicyclic amines) is 1. The average Bonchev–Trinajstić information content (AvgIpc) is 2.48. The van der Waals surface area contributed by atoms with Gasteiger partial charge in [-0.05, 0) is 69.1 Å². The molecule has 0 aromatic heterocycles. The van der Waals surface area contributed by atoms with Crippen LogP contribution in [-0.4, -0.2) is 38.2 Å². The lowest BCUT2D eigenvalue weighted by Gasteiger charge is -2.31. The first kappa shape index (κ1) is 16.3. The molecule has 0 radical (unpaired) electrons. The van der Waals surface area contributed by atoms with Gasteiger partial charge in [-0.15, -0.1) is 0 Å². The number of nitrogens with zero attached hydrogens (tertiary/aromatic N) is 1. The number of rotatable bonds is 7. The summed E-state index contributed by atoms with van der Waals surface area (Å²) in [5.74, 6) is 2.43. The van der Waals surface area contributed by atoms with Crippen molar-refractivity contribution in [3.63, 3.8) is 0 Å². The molecule has 1 saturated heterocycles. The fraction of sp³-hybridized carbons (Fsp3) is 0.667. The highest BCUT2D eigenvalue weighted by Gasteiger charge is 2.18. The molecule has 1 N–H and O–H groups in total. The molecule has 0 saturated carbocycles. The Balaban J connectivity index is 1.81. The first-order valence-corrected chi connectivity index (χ1v) is 8.26. The molecule has 21 heavy (non-hydrogen) atoms. The molecule has 1 aromatic carbocycles. The van der Waals surface area contributed by atoms with E-state index in [4.69, 9.17) is 4.74 Å². The van der Waals surface area contributed by atoms with Crippen LogP contribution in [0.25, 0.3) is 0 Å². The van der Waals surface area contributed by atoms with Crippen LogP contribution in [0.15, 0.2) is 24.3 Å². The molecule has 0 amide bonds. The minimum Gasteiger partial charge on any atom is -0.493 e. The van der Waals surface area contributed by atoms with Crippen molar-refractivity contribution in [2.24, 2.45) is 11.8 Å². The van der Waals surface area contributed by atoms with E-state index in [0.29, 0.717) is 5.92 Å². The van der Waals surface area contributed by atoms with Crippen molar-refractivity contribution in [2.75, 3.05) is 33.3 Å². The minimum atomic E-state index is 0.569. The van der Waals surface area contributed by atoms with E-state index in [1.54, 1.807) is 0 Å². The van der Waals surface area contributed by atoms with Crippen LogP contribution in [0, 0.1) is 11.8 Å². The molecule has 0 atom stereocenters. The molecule has 1 heterocycles. The van der Waals surface area contributed by atoms with Gasteiger partial charge in [0.1, 0.15) is 5.75 Å². The van der Waals surface area contributed by atoms with Crippen LogP contribution in [0.5, 0.6) is 5.75 Å². The Morgan fingerprint density at radius 3 is 2.71 bits per heavy atom. The van der Waals surface area contributed by atoms with Gasteiger partial charge in [-0.2, -0.15) is 0 Å². The van der Waals surface area contributed by atoms with Gasteiger partial charge in [0.2, 0.25) is 0 Å². The number of hydrogen-bond acceptors (Lipinski definition) is 3. The van der Waals surface area contributed by atoms with Crippen molar-refractivity contribution >= 4 is 0 Å². The lowest BCUT2D eigenvalue weighted by molar-refractivity contribution is 0.176. The first-order chi connectivity index (χ1) is 10.2. The van der Waals surface area contributed by atoms with Gasteiger partial charge in [-0.1, -0.05) is 26.0 Å². The molecule has 3 heteroatoms. The highest BCUT2D eigenvalue weighted by atomic mass is 16.5. The zero-order chi connectivity index (χ0) is 15.1. The first-order valence-electron chi connectivity index (χ1n) is 8.26. The topological polar surface area (TPSA) is 24.5 Å². The van der Waals surface area contributed by atoms with Crippen molar-refractivity contribution in [1.82, 2.24) is 10.2 Å². The van der Waals surface area contributed by atoms with Crippen LogP contribution >= 0.6 is 0 Å². The molecule has 1 fully saturated rings. The van der Waals surface area contributed by atoms with E-state index in [1.807, 2.05) is 0 Å². The maximum atomic E-state index is 5.82. The smallest absolute Gasteiger partial charge is 0.119 e. The number of hydrogen-bond donors (Lipinski definition) is 1. The van der Waals surface area contributed by atoms with Crippen LogP contribution < -0.4 is 10.1 Å². The largest absolute Gasteiger partial charge is 0.493 e. The Kier molecular flexibility index (Phi) is 6.52. The Hall–Kier alpha value is -1.06. The predicted molar refractivity (Wildman–Crippen MR) is 88.7 cm³/mol. The second-order valence-electron chi connectivity index (χ2n) is 6.63. The van der Waals surface area contributed by atoms with E-state index in [0.717, 1.165) is 31.4 Å². The fourth-order valence-electron chi connectivity index (χ4n) is 2.89. The number of nitrogens with one attached hydrogen (secondary N) is 1. The molecule has 2 rings (SSSR count). The average molecular weight is 290 g/mol. The summed E-state index contributed by atoms with van der Waals surface area (Å²) in [6.07, 6.45) is 2.62. The van der Waals surface area contributed by atoms with Crippen LogP contribution in [0.3, 0.4) is 0 Å². The van der Waals surface area contributed by atoms with Crippen LogP contribution in [0.1, 0.15) is 32.3 Å². The van der Waals surface area contributed by atoms with Gasteiger partial charge in [0.05, 0.1) is 6.61 Å². The molecular formula is C18H30N2O. The van der Waals surface area contributed by atoms with E-state index in [1.165, 1.54) is 31.5 Å². The monoisotopic (exact) mass is 290 g/mol. The molecule has 0 spiro atoms. The summed E-state index contributed by atoms with van der Waals surface area (Å²) in [7, 11) is 2.05. The van der Waals surface area contributed by atoms with Crippen molar-refractivity contribution in [1.29, 1.82) is 0 Å². The highest BCUT2D eigenvalue weighted by Crippen LogP contribution is 2.20. The normalized spacial score (nSPS) is 17.3. The molecule has 118 valence electrons. The third-order valence-corrected chi connectivity index (χ3v) is 4.09.